The minimum absolute atomic E-state index is 0.259. The molecule has 2 aromatic carbocycles. The van der Waals surface area contributed by atoms with Gasteiger partial charge < -0.3 is 9.47 Å². The van der Waals surface area contributed by atoms with Gasteiger partial charge in [-0.15, -0.1) is 0 Å². The maximum atomic E-state index is 13.5. The summed E-state index contributed by atoms with van der Waals surface area (Å²) in [7, 11) is 1.70. The summed E-state index contributed by atoms with van der Waals surface area (Å²) < 4.78 is 5.87. The molecule has 0 spiro atoms. The van der Waals surface area contributed by atoms with Crippen molar-refractivity contribution in [1.29, 1.82) is 0 Å². The molecular weight excluding hydrogens is 482 g/mol. The lowest BCUT2D eigenvalue weighted by Crippen LogP contribution is -2.40. The predicted molar refractivity (Wildman–Crippen MR) is 134 cm³/mol. The molecule has 4 aromatic rings. The van der Waals surface area contributed by atoms with Crippen molar-refractivity contribution < 1.29 is 0 Å². The SMILES string of the molecule is C[C@H]1CN(c2ccc(Br)cc2)c2nc3c(c(=O)n(CCCc4ccccc4)c(=O)n3C)n2C1. The molecule has 170 valence electrons. The number of aryl methyl sites for hydroxylation is 2. The van der Waals surface area contributed by atoms with Crippen molar-refractivity contribution in [3.8, 4) is 0 Å². The molecule has 1 aliphatic rings. The molecule has 0 amide bonds. The Morgan fingerprint density at radius 1 is 1.03 bits per heavy atom. The van der Waals surface area contributed by atoms with E-state index in [-0.39, 0.29) is 11.2 Å². The molecule has 1 atom stereocenters. The zero-order valence-electron chi connectivity index (χ0n) is 18.7. The number of anilines is 2. The van der Waals surface area contributed by atoms with Crippen molar-refractivity contribution in [3.05, 3.63) is 85.5 Å². The Bertz CT molecular complexity index is 1420. The number of rotatable bonds is 5. The molecular formula is C25H26BrN5O2. The van der Waals surface area contributed by atoms with E-state index in [1.807, 2.05) is 47.0 Å². The summed E-state index contributed by atoms with van der Waals surface area (Å²) >= 11 is 3.49. The van der Waals surface area contributed by atoms with Crippen LogP contribution in [0.15, 0.2) is 68.7 Å². The smallest absolute Gasteiger partial charge is 0.312 e. The third-order valence-corrected chi connectivity index (χ3v) is 6.80. The van der Waals surface area contributed by atoms with Crippen LogP contribution in [0.3, 0.4) is 0 Å². The normalized spacial score (nSPS) is 15.7. The highest BCUT2D eigenvalue weighted by molar-refractivity contribution is 9.10. The highest BCUT2D eigenvalue weighted by atomic mass is 79.9. The highest BCUT2D eigenvalue weighted by Crippen LogP contribution is 2.33. The average molecular weight is 508 g/mol. The molecule has 3 heterocycles. The van der Waals surface area contributed by atoms with Crippen LogP contribution in [-0.4, -0.2) is 25.2 Å². The topological polar surface area (TPSA) is 65.1 Å². The Labute approximate surface area is 200 Å². The van der Waals surface area contributed by atoms with E-state index in [4.69, 9.17) is 4.98 Å². The Morgan fingerprint density at radius 3 is 2.48 bits per heavy atom. The predicted octanol–water partition coefficient (Wildman–Crippen LogP) is 4.08. The van der Waals surface area contributed by atoms with Crippen molar-refractivity contribution in [2.24, 2.45) is 13.0 Å². The van der Waals surface area contributed by atoms with Crippen LogP contribution in [0.5, 0.6) is 0 Å². The summed E-state index contributed by atoms with van der Waals surface area (Å²) in [4.78, 5) is 33.5. The summed E-state index contributed by atoms with van der Waals surface area (Å²) in [6.45, 7) is 4.03. The quantitative estimate of drug-likeness (QED) is 0.408. The second-order valence-electron chi connectivity index (χ2n) is 8.77. The second-order valence-corrected chi connectivity index (χ2v) is 9.69. The van der Waals surface area contributed by atoms with Gasteiger partial charge >= 0.3 is 5.69 Å². The number of hydrogen-bond acceptors (Lipinski definition) is 4. The van der Waals surface area contributed by atoms with Gasteiger partial charge in [0, 0.05) is 36.8 Å². The Morgan fingerprint density at radius 2 is 1.76 bits per heavy atom. The summed E-state index contributed by atoms with van der Waals surface area (Å²) in [5, 5.41) is 0. The van der Waals surface area contributed by atoms with E-state index < -0.39 is 0 Å². The van der Waals surface area contributed by atoms with Crippen molar-refractivity contribution in [3.63, 3.8) is 0 Å². The van der Waals surface area contributed by atoms with E-state index in [0.29, 0.717) is 42.5 Å². The first-order valence-electron chi connectivity index (χ1n) is 11.2. The Balaban J connectivity index is 1.57. The third-order valence-electron chi connectivity index (χ3n) is 6.27. The van der Waals surface area contributed by atoms with Crippen LogP contribution in [0.4, 0.5) is 11.6 Å². The average Bonchev–Trinajstić information content (AvgIpc) is 3.20. The fraction of sp³-hybridized carbons (Fsp3) is 0.320. The largest absolute Gasteiger partial charge is 0.332 e. The van der Waals surface area contributed by atoms with E-state index in [1.165, 1.54) is 14.7 Å². The van der Waals surface area contributed by atoms with Crippen molar-refractivity contribution in [1.82, 2.24) is 18.7 Å². The number of halogens is 1. The molecule has 5 rings (SSSR count). The summed E-state index contributed by atoms with van der Waals surface area (Å²) in [5.41, 5.74) is 2.57. The first kappa shape index (κ1) is 21.7. The van der Waals surface area contributed by atoms with E-state index in [0.717, 1.165) is 23.1 Å². The van der Waals surface area contributed by atoms with E-state index in [9.17, 15) is 9.59 Å². The van der Waals surface area contributed by atoms with Crippen LogP contribution in [0.25, 0.3) is 11.2 Å². The van der Waals surface area contributed by atoms with Crippen LogP contribution in [-0.2, 0) is 26.6 Å². The monoisotopic (exact) mass is 507 g/mol. The Hall–Kier alpha value is -3.13. The van der Waals surface area contributed by atoms with Gasteiger partial charge in [-0.25, -0.2) is 4.79 Å². The lowest BCUT2D eigenvalue weighted by Gasteiger charge is -2.33. The summed E-state index contributed by atoms with van der Waals surface area (Å²) in [6, 6.07) is 18.2. The van der Waals surface area contributed by atoms with Crippen molar-refractivity contribution in [2.45, 2.75) is 32.9 Å². The van der Waals surface area contributed by atoms with Crippen LogP contribution in [0.2, 0.25) is 0 Å². The molecule has 0 unspecified atom stereocenters. The van der Waals surface area contributed by atoms with E-state index in [2.05, 4.69) is 39.9 Å². The molecule has 0 saturated carbocycles. The lowest BCUT2D eigenvalue weighted by atomic mass is 10.1. The van der Waals surface area contributed by atoms with Crippen molar-refractivity contribution >= 4 is 38.7 Å². The maximum Gasteiger partial charge on any atom is 0.332 e. The molecule has 2 aromatic heterocycles. The van der Waals surface area contributed by atoms with Gasteiger partial charge in [0.1, 0.15) is 0 Å². The second kappa shape index (κ2) is 8.67. The molecule has 33 heavy (non-hydrogen) atoms. The molecule has 0 fully saturated rings. The standard InChI is InChI=1S/C25H26BrN5O2/c1-17-15-30(20-12-10-19(26)11-13-20)24-27-22-21(31(24)16-17)23(32)29(25(33)28(22)2)14-6-9-18-7-4-3-5-8-18/h3-5,7-8,10-13,17H,6,9,14-16H2,1-2H3/t17-/m0/s1. The molecule has 8 heteroatoms. The van der Waals surface area contributed by atoms with Gasteiger partial charge in [0.25, 0.3) is 5.56 Å². The first-order chi connectivity index (χ1) is 15.9. The van der Waals surface area contributed by atoms with Crippen molar-refractivity contribution in [2.75, 3.05) is 11.4 Å². The van der Waals surface area contributed by atoms with Gasteiger partial charge in [0.2, 0.25) is 5.95 Å². The minimum Gasteiger partial charge on any atom is -0.312 e. The van der Waals surface area contributed by atoms with Gasteiger partial charge in [-0.1, -0.05) is 53.2 Å². The molecule has 0 bridgehead atoms. The lowest BCUT2D eigenvalue weighted by molar-refractivity contribution is 0.457. The number of fused-ring (bicyclic) bond motifs is 3. The van der Waals surface area contributed by atoms with Gasteiger partial charge in [-0.3, -0.25) is 13.9 Å². The van der Waals surface area contributed by atoms with Crippen LogP contribution >= 0.6 is 15.9 Å². The molecule has 0 saturated heterocycles. The fourth-order valence-corrected chi connectivity index (χ4v) is 4.89. The molecule has 0 N–H and O–H groups in total. The zero-order valence-corrected chi connectivity index (χ0v) is 20.3. The van der Waals surface area contributed by atoms with Crippen LogP contribution in [0, 0.1) is 5.92 Å². The summed E-state index contributed by atoms with van der Waals surface area (Å²) in [5.74, 6) is 1.03. The first-order valence-corrected chi connectivity index (χ1v) is 12.0. The number of imidazole rings is 1. The Kier molecular flexibility index (Phi) is 5.70. The van der Waals surface area contributed by atoms with Gasteiger partial charge in [0.05, 0.1) is 0 Å². The maximum absolute atomic E-state index is 13.5. The number of nitrogens with zero attached hydrogens (tertiary/aromatic N) is 5. The number of hydrogen-bond donors (Lipinski definition) is 0. The van der Waals surface area contributed by atoms with Crippen LogP contribution in [0.1, 0.15) is 18.9 Å². The molecule has 0 radical (unpaired) electrons. The number of benzene rings is 2. The van der Waals surface area contributed by atoms with E-state index >= 15 is 0 Å². The zero-order chi connectivity index (χ0) is 23.1. The summed E-state index contributed by atoms with van der Waals surface area (Å²) in [6.07, 6.45) is 1.53. The van der Waals surface area contributed by atoms with Gasteiger partial charge in [-0.05, 0) is 48.6 Å². The third kappa shape index (κ3) is 3.93. The van der Waals surface area contributed by atoms with Crippen LogP contribution < -0.4 is 16.1 Å². The minimum atomic E-state index is -0.320. The number of aromatic nitrogens is 4. The van der Waals surface area contributed by atoms with Gasteiger partial charge in [-0.2, -0.15) is 4.98 Å². The van der Waals surface area contributed by atoms with E-state index in [1.54, 1.807) is 7.05 Å². The molecule has 7 nitrogen and oxygen atoms in total. The molecule has 0 aliphatic carbocycles. The molecule has 1 aliphatic heterocycles. The highest BCUT2D eigenvalue weighted by Gasteiger charge is 2.29. The van der Waals surface area contributed by atoms with Gasteiger partial charge in [0.15, 0.2) is 11.2 Å². The fourth-order valence-electron chi connectivity index (χ4n) is 4.63.